The van der Waals surface area contributed by atoms with E-state index in [9.17, 15) is 0 Å². The molecule has 1 atom stereocenters. The van der Waals surface area contributed by atoms with Gasteiger partial charge in [0.2, 0.25) is 0 Å². The third-order valence-electron chi connectivity index (χ3n) is 2.35. The molecule has 0 unspecified atom stereocenters. The molecule has 0 amide bonds. The lowest BCUT2D eigenvalue weighted by molar-refractivity contribution is 0.748. The molecule has 70 valence electrons. The summed E-state index contributed by atoms with van der Waals surface area (Å²) in [5, 5.41) is 0. The van der Waals surface area contributed by atoms with Crippen molar-refractivity contribution in [2.75, 3.05) is 0 Å². The van der Waals surface area contributed by atoms with Crippen LogP contribution in [0.5, 0.6) is 0 Å². The van der Waals surface area contributed by atoms with Crippen molar-refractivity contribution in [2.45, 2.75) is 26.2 Å². The van der Waals surface area contributed by atoms with Crippen LogP contribution < -0.4 is 5.73 Å². The zero-order valence-electron chi connectivity index (χ0n) is 8.33. The second-order valence-electron chi connectivity index (χ2n) is 3.16. The molecule has 0 aliphatic carbocycles. The van der Waals surface area contributed by atoms with E-state index in [1.165, 1.54) is 5.56 Å². The van der Waals surface area contributed by atoms with Crippen molar-refractivity contribution in [3.05, 3.63) is 47.7 Å². The molecule has 1 aromatic rings. The Morgan fingerprint density at radius 3 is 2.46 bits per heavy atom. The number of rotatable bonds is 3. The molecular formula is C12H17N. The molecule has 0 aromatic heterocycles. The van der Waals surface area contributed by atoms with Crippen LogP contribution in [-0.4, -0.2) is 0 Å². The van der Waals surface area contributed by atoms with Crippen LogP contribution in [0.4, 0.5) is 0 Å². The molecule has 1 nitrogen and oxygen atoms in total. The van der Waals surface area contributed by atoms with E-state index in [1.54, 1.807) is 0 Å². The quantitative estimate of drug-likeness (QED) is 0.750. The van der Waals surface area contributed by atoms with Crippen molar-refractivity contribution in [3.63, 3.8) is 0 Å². The summed E-state index contributed by atoms with van der Waals surface area (Å²) >= 11 is 0. The molecule has 0 bridgehead atoms. The topological polar surface area (TPSA) is 26.0 Å². The highest BCUT2D eigenvalue weighted by Gasteiger charge is 2.09. The summed E-state index contributed by atoms with van der Waals surface area (Å²) in [6, 6.07) is 10.4. The van der Waals surface area contributed by atoms with Gasteiger partial charge in [-0.2, -0.15) is 0 Å². The van der Waals surface area contributed by atoms with Gasteiger partial charge in [0.15, 0.2) is 0 Å². The molecule has 1 heteroatoms. The number of allylic oxidation sites excluding steroid dienone is 2. The van der Waals surface area contributed by atoms with Crippen LogP contribution in [0.2, 0.25) is 0 Å². The van der Waals surface area contributed by atoms with Crippen molar-refractivity contribution in [1.29, 1.82) is 0 Å². The van der Waals surface area contributed by atoms with Crippen molar-refractivity contribution in [3.8, 4) is 0 Å². The highest BCUT2D eigenvalue weighted by atomic mass is 14.6. The molecule has 0 saturated carbocycles. The van der Waals surface area contributed by atoms with Gasteiger partial charge >= 0.3 is 0 Å². The molecule has 1 rings (SSSR count). The maximum absolute atomic E-state index is 5.92. The molecule has 0 heterocycles. The molecule has 0 saturated heterocycles. The minimum Gasteiger partial charge on any atom is -0.402 e. The van der Waals surface area contributed by atoms with Crippen LogP contribution in [0.25, 0.3) is 0 Å². The van der Waals surface area contributed by atoms with Gasteiger partial charge in [-0.15, -0.1) is 0 Å². The molecule has 1 aromatic carbocycles. The van der Waals surface area contributed by atoms with E-state index < -0.39 is 0 Å². The van der Waals surface area contributed by atoms with E-state index in [2.05, 4.69) is 31.2 Å². The van der Waals surface area contributed by atoms with E-state index in [-0.39, 0.29) is 0 Å². The van der Waals surface area contributed by atoms with Crippen molar-refractivity contribution in [2.24, 2.45) is 5.73 Å². The van der Waals surface area contributed by atoms with Crippen LogP contribution in [0, 0.1) is 0 Å². The summed E-state index contributed by atoms with van der Waals surface area (Å²) in [6.45, 7) is 4.15. The van der Waals surface area contributed by atoms with Gasteiger partial charge in [-0.1, -0.05) is 43.3 Å². The first kappa shape index (κ1) is 9.85. The first-order chi connectivity index (χ1) is 6.29. The van der Waals surface area contributed by atoms with Crippen LogP contribution in [0.15, 0.2) is 42.1 Å². The van der Waals surface area contributed by atoms with Gasteiger partial charge in [-0.05, 0) is 18.9 Å². The maximum atomic E-state index is 5.92. The zero-order valence-corrected chi connectivity index (χ0v) is 8.33. The monoisotopic (exact) mass is 175 g/mol. The van der Waals surface area contributed by atoms with Gasteiger partial charge in [-0.3, -0.25) is 0 Å². The Morgan fingerprint density at radius 2 is 2.00 bits per heavy atom. The van der Waals surface area contributed by atoms with E-state index >= 15 is 0 Å². The molecule has 0 fully saturated rings. The smallest absolute Gasteiger partial charge is 0.0229 e. The van der Waals surface area contributed by atoms with Crippen molar-refractivity contribution >= 4 is 0 Å². The van der Waals surface area contributed by atoms with E-state index in [0.717, 1.165) is 12.1 Å². The van der Waals surface area contributed by atoms with Gasteiger partial charge in [0.1, 0.15) is 0 Å². The summed E-state index contributed by atoms with van der Waals surface area (Å²) in [5.74, 6) is 0.381. The first-order valence-corrected chi connectivity index (χ1v) is 4.76. The van der Waals surface area contributed by atoms with Gasteiger partial charge in [0, 0.05) is 11.6 Å². The minimum atomic E-state index is 0.381. The zero-order chi connectivity index (χ0) is 9.68. The summed E-state index contributed by atoms with van der Waals surface area (Å²) in [7, 11) is 0. The van der Waals surface area contributed by atoms with Gasteiger partial charge in [0.25, 0.3) is 0 Å². The Bertz CT molecular complexity index is 274. The average Bonchev–Trinajstić information content (AvgIpc) is 2.20. The Balaban J connectivity index is 2.91. The Morgan fingerprint density at radius 1 is 1.38 bits per heavy atom. The average molecular weight is 175 g/mol. The lowest BCUT2D eigenvalue weighted by Gasteiger charge is -2.15. The predicted molar refractivity (Wildman–Crippen MR) is 57.4 cm³/mol. The number of hydrogen-bond donors (Lipinski definition) is 1. The Labute approximate surface area is 80.3 Å². The number of hydrogen-bond acceptors (Lipinski definition) is 1. The lowest BCUT2D eigenvalue weighted by atomic mass is 9.93. The second-order valence-corrected chi connectivity index (χ2v) is 3.16. The van der Waals surface area contributed by atoms with Crippen molar-refractivity contribution < 1.29 is 0 Å². The van der Waals surface area contributed by atoms with Crippen LogP contribution in [0.1, 0.15) is 31.7 Å². The maximum Gasteiger partial charge on any atom is 0.0229 e. The SMILES string of the molecule is C/C=C(\N)[C@@H](CC)c1ccccc1. The molecule has 0 aliphatic rings. The minimum absolute atomic E-state index is 0.381. The second kappa shape index (κ2) is 4.70. The molecular weight excluding hydrogens is 158 g/mol. The van der Waals surface area contributed by atoms with Crippen LogP contribution in [0.3, 0.4) is 0 Å². The Kier molecular flexibility index (Phi) is 3.56. The van der Waals surface area contributed by atoms with Crippen LogP contribution in [-0.2, 0) is 0 Å². The fourth-order valence-corrected chi connectivity index (χ4v) is 1.55. The summed E-state index contributed by atoms with van der Waals surface area (Å²) in [6.07, 6.45) is 3.04. The highest BCUT2D eigenvalue weighted by Crippen LogP contribution is 2.23. The fraction of sp³-hybridized carbons (Fsp3) is 0.333. The fourth-order valence-electron chi connectivity index (χ4n) is 1.55. The third-order valence-corrected chi connectivity index (χ3v) is 2.35. The van der Waals surface area contributed by atoms with Gasteiger partial charge in [0.05, 0.1) is 0 Å². The van der Waals surface area contributed by atoms with Gasteiger partial charge in [-0.25, -0.2) is 0 Å². The molecule has 0 radical (unpaired) electrons. The molecule has 13 heavy (non-hydrogen) atoms. The summed E-state index contributed by atoms with van der Waals surface area (Å²) < 4.78 is 0. The molecule has 0 spiro atoms. The molecule has 2 N–H and O–H groups in total. The van der Waals surface area contributed by atoms with E-state index in [1.807, 2.05) is 19.1 Å². The Hall–Kier alpha value is -1.24. The number of benzene rings is 1. The van der Waals surface area contributed by atoms with E-state index in [0.29, 0.717) is 5.92 Å². The lowest BCUT2D eigenvalue weighted by Crippen LogP contribution is -2.08. The van der Waals surface area contributed by atoms with E-state index in [4.69, 9.17) is 5.73 Å². The van der Waals surface area contributed by atoms with Crippen LogP contribution >= 0.6 is 0 Å². The number of nitrogens with two attached hydrogens (primary N) is 1. The van der Waals surface area contributed by atoms with Crippen molar-refractivity contribution in [1.82, 2.24) is 0 Å². The highest BCUT2D eigenvalue weighted by molar-refractivity contribution is 5.26. The largest absolute Gasteiger partial charge is 0.402 e. The van der Waals surface area contributed by atoms with Gasteiger partial charge < -0.3 is 5.73 Å². The molecule has 0 aliphatic heterocycles. The third kappa shape index (κ3) is 2.35. The standard InChI is InChI=1S/C12H17N/c1-3-11(12(13)4-2)10-8-6-5-7-9-10/h4-9,11H,3,13H2,1-2H3/b12-4-/t11-/m0/s1. The summed E-state index contributed by atoms with van der Waals surface area (Å²) in [4.78, 5) is 0. The first-order valence-electron chi connectivity index (χ1n) is 4.76. The summed E-state index contributed by atoms with van der Waals surface area (Å²) in [5.41, 5.74) is 8.19. The predicted octanol–water partition coefficient (Wildman–Crippen LogP) is 3.04. The normalized spacial score (nSPS) is 14.2.